The number of hydrogen-bond acceptors (Lipinski definition) is 2. The number of carbonyl (C=O) groups excluding carboxylic acids is 1. The van der Waals surface area contributed by atoms with Crippen LogP contribution >= 0.6 is 31.9 Å². The first-order valence-corrected chi connectivity index (χ1v) is 8.20. The summed E-state index contributed by atoms with van der Waals surface area (Å²) in [6.07, 6.45) is 0.816. The molecule has 5 heteroatoms. The average molecular weight is 412 g/mol. The van der Waals surface area contributed by atoms with Gasteiger partial charge < -0.3 is 11.1 Å². The molecule has 1 unspecified atom stereocenters. The van der Waals surface area contributed by atoms with Crippen LogP contribution in [0.4, 0.5) is 5.69 Å². The summed E-state index contributed by atoms with van der Waals surface area (Å²) in [6, 6.07) is 13.1. The molecule has 0 saturated carbocycles. The quantitative estimate of drug-likeness (QED) is 0.718. The predicted octanol–water partition coefficient (Wildman–Crippen LogP) is 4.67. The molecule has 0 spiro atoms. The number of hydrogen-bond donors (Lipinski definition) is 2. The van der Waals surface area contributed by atoms with E-state index in [1.807, 2.05) is 31.2 Å². The third-order valence-electron chi connectivity index (χ3n) is 3.17. The number of benzene rings is 2. The van der Waals surface area contributed by atoms with Crippen molar-refractivity contribution in [2.45, 2.75) is 19.4 Å². The highest BCUT2D eigenvalue weighted by Gasteiger charge is 2.14. The second kappa shape index (κ2) is 7.09. The first-order chi connectivity index (χ1) is 9.99. The maximum absolute atomic E-state index is 12.4. The van der Waals surface area contributed by atoms with Gasteiger partial charge in [0.15, 0.2) is 0 Å². The van der Waals surface area contributed by atoms with Crippen molar-refractivity contribution >= 4 is 43.5 Å². The largest absolute Gasteiger partial charge is 0.399 e. The number of halogens is 2. The summed E-state index contributed by atoms with van der Waals surface area (Å²) in [5, 5.41) is 3.04. The van der Waals surface area contributed by atoms with Gasteiger partial charge in [0.1, 0.15) is 0 Å². The summed E-state index contributed by atoms with van der Waals surface area (Å²) in [7, 11) is 0. The first kappa shape index (κ1) is 16.0. The van der Waals surface area contributed by atoms with Crippen LogP contribution in [0.2, 0.25) is 0 Å². The van der Waals surface area contributed by atoms with Crippen LogP contribution in [0.3, 0.4) is 0 Å². The molecule has 0 radical (unpaired) electrons. The average Bonchev–Trinajstić information content (AvgIpc) is 2.44. The van der Waals surface area contributed by atoms with Gasteiger partial charge in [0.25, 0.3) is 5.91 Å². The van der Waals surface area contributed by atoms with Crippen LogP contribution in [0, 0.1) is 0 Å². The highest BCUT2D eigenvalue weighted by Crippen LogP contribution is 2.21. The lowest BCUT2D eigenvalue weighted by molar-refractivity contribution is 0.0935. The van der Waals surface area contributed by atoms with Crippen molar-refractivity contribution in [3.63, 3.8) is 0 Å². The zero-order valence-corrected chi connectivity index (χ0v) is 14.7. The van der Waals surface area contributed by atoms with Gasteiger partial charge in [0.2, 0.25) is 0 Å². The van der Waals surface area contributed by atoms with Crippen molar-refractivity contribution in [2.24, 2.45) is 0 Å². The Balaban J connectivity index is 2.18. The third kappa shape index (κ3) is 4.32. The molecule has 0 heterocycles. The molecular formula is C16H16Br2N2O. The fraction of sp³-hybridized carbons (Fsp3) is 0.188. The van der Waals surface area contributed by atoms with E-state index < -0.39 is 0 Å². The molecule has 0 aromatic heterocycles. The maximum atomic E-state index is 12.4. The number of nitrogens with two attached hydrogens (primary N) is 1. The molecular weight excluding hydrogens is 396 g/mol. The van der Waals surface area contributed by atoms with Crippen LogP contribution < -0.4 is 11.1 Å². The number of amides is 1. The van der Waals surface area contributed by atoms with Gasteiger partial charge in [-0.2, -0.15) is 0 Å². The molecule has 1 atom stereocenters. The number of rotatable bonds is 4. The molecule has 0 fully saturated rings. The van der Waals surface area contributed by atoms with E-state index in [0.717, 1.165) is 20.9 Å². The normalized spacial score (nSPS) is 12.0. The topological polar surface area (TPSA) is 55.1 Å². The Labute approximate surface area is 141 Å². The van der Waals surface area contributed by atoms with E-state index in [-0.39, 0.29) is 11.9 Å². The zero-order chi connectivity index (χ0) is 15.4. The third-order valence-corrected chi connectivity index (χ3v) is 4.15. The van der Waals surface area contributed by atoms with Crippen molar-refractivity contribution in [1.29, 1.82) is 0 Å². The molecule has 3 nitrogen and oxygen atoms in total. The van der Waals surface area contributed by atoms with Gasteiger partial charge >= 0.3 is 0 Å². The Morgan fingerprint density at radius 2 is 1.81 bits per heavy atom. The van der Waals surface area contributed by atoms with Gasteiger partial charge in [-0.1, -0.05) is 50.9 Å². The summed E-state index contributed by atoms with van der Waals surface area (Å²) in [6.45, 7) is 2.04. The van der Waals surface area contributed by atoms with Crippen molar-refractivity contribution < 1.29 is 4.79 Å². The second-order valence-corrected chi connectivity index (χ2v) is 6.59. The fourth-order valence-corrected chi connectivity index (χ4v) is 2.88. The lowest BCUT2D eigenvalue weighted by atomic mass is 10.0. The van der Waals surface area contributed by atoms with Crippen molar-refractivity contribution in [3.05, 3.63) is 62.5 Å². The lowest BCUT2D eigenvalue weighted by Crippen LogP contribution is -2.28. The van der Waals surface area contributed by atoms with Crippen molar-refractivity contribution in [3.8, 4) is 0 Å². The van der Waals surface area contributed by atoms with Crippen molar-refractivity contribution in [1.82, 2.24) is 5.32 Å². The molecule has 21 heavy (non-hydrogen) atoms. The molecule has 0 aliphatic heterocycles. The van der Waals surface area contributed by atoms with Crippen LogP contribution in [0.5, 0.6) is 0 Å². The molecule has 0 aliphatic carbocycles. The van der Waals surface area contributed by atoms with Gasteiger partial charge in [-0.3, -0.25) is 4.79 Å². The molecule has 1 amide bonds. The standard InChI is InChI=1S/C16H16Br2N2O/c1-2-15(10-3-5-12(17)6-4-10)20-16(21)11-7-13(18)9-14(19)8-11/h3-9,15H,2,19H2,1H3,(H,20,21). The SMILES string of the molecule is CCC(NC(=O)c1cc(N)cc(Br)c1)c1ccc(Br)cc1. The van der Waals surface area contributed by atoms with Crippen LogP contribution in [0.1, 0.15) is 35.3 Å². The van der Waals surface area contributed by atoms with Crippen LogP contribution in [0.15, 0.2) is 51.4 Å². The molecule has 2 aromatic rings. The van der Waals surface area contributed by atoms with Crippen LogP contribution in [0.25, 0.3) is 0 Å². The summed E-state index contributed by atoms with van der Waals surface area (Å²) >= 11 is 6.77. The monoisotopic (exact) mass is 410 g/mol. The van der Waals surface area contributed by atoms with E-state index in [1.165, 1.54) is 0 Å². The first-order valence-electron chi connectivity index (χ1n) is 6.62. The second-order valence-electron chi connectivity index (χ2n) is 4.76. The molecule has 110 valence electrons. The van der Waals surface area contributed by atoms with E-state index in [0.29, 0.717) is 11.3 Å². The van der Waals surface area contributed by atoms with Gasteiger partial charge in [0.05, 0.1) is 6.04 Å². The Bertz CT molecular complexity index is 621. The van der Waals surface area contributed by atoms with Crippen molar-refractivity contribution in [2.75, 3.05) is 5.73 Å². The Morgan fingerprint density at radius 1 is 1.14 bits per heavy atom. The molecule has 0 aliphatic rings. The number of nitrogen functional groups attached to an aromatic ring is 1. The molecule has 3 N–H and O–H groups in total. The lowest BCUT2D eigenvalue weighted by Gasteiger charge is -2.18. The Morgan fingerprint density at radius 3 is 2.38 bits per heavy atom. The van der Waals surface area contributed by atoms with Crippen LogP contribution in [-0.2, 0) is 0 Å². The smallest absolute Gasteiger partial charge is 0.251 e. The molecule has 2 rings (SSSR count). The van der Waals surface area contributed by atoms with Crippen LogP contribution in [-0.4, -0.2) is 5.91 Å². The predicted molar refractivity (Wildman–Crippen MR) is 93.2 cm³/mol. The highest BCUT2D eigenvalue weighted by atomic mass is 79.9. The summed E-state index contributed by atoms with van der Waals surface area (Å²) in [5.74, 6) is -0.127. The fourth-order valence-electron chi connectivity index (χ4n) is 2.10. The van der Waals surface area contributed by atoms with Gasteiger partial charge in [-0.05, 0) is 42.3 Å². The molecule has 0 bridgehead atoms. The van der Waals surface area contributed by atoms with E-state index in [2.05, 4.69) is 37.2 Å². The number of nitrogens with one attached hydrogen (secondary N) is 1. The van der Waals surface area contributed by atoms with E-state index in [1.54, 1.807) is 18.2 Å². The summed E-state index contributed by atoms with van der Waals surface area (Å²) in [4.78, 5) is 12.4. The van der Waals surface area contributed by atoms with E-state index in [4.69, 9.17) is 5.73 Å². The molecule has 2 aromatic carbocycles. The number of carbonyl (C=O) groups is 1. The van der Waals surface area contributed by atoms with E-state index in [9.17, 15) is 4.79 Å². The minimum Gasteiger partial charge on any atom is -0.399 e. The Hall–Kier alpha value is -1.33. The minimum atomic E-state index is -0.127. The Kier molecular flexibility index (Phi) is 5.42. The van der Waals surface area contributed by atoms with E-state index >= 15 is 0 Å². The number of anilines is 1. The highest BCUT2D eigenvalue weighted by molar-refractivity contribution is 9.10. The zero-order valence-electron chi connectivity index (χ0n) is 11.6. The molecule has 0 saturated heterocycles. The summed E-state index contributed by atoms with van der Waals surface area (Å²) < 4.78 is 1.82. The van der Waals surface area contributed by atoms with Gasteiger partial charge in [-0.25, -0.2) is 0 Å². The maximum Gasteiger partial charge on any atom is 0.251 e. The summed E-state index contributed by atoms with van der Waals surface area (Å²) in [5.41, 5.74) is 7.97. The van der Waals surface area contributed by atoms with Gasteiger partial charge in [0, 0.05) is 20.2 Å². The minimum absolute atomic E-state index is 0.0224. The van der Waals surface area contributed by atoms with Gasteiger partial charge in [-0.15, -0.1) is 0 Å².